The minimum atomic E-state index is -0.334. The molecule has 3 aromatic rings. The molecule has 0 saturated carbocycles. The van der Waals surface area contributed by atoms with E-state index < -0.39 is 0 Å². The summed E-state index contributed by atoms with van der Waals surface area (Å²) in [6.45, 7) is 1.69. The molecule has 0 radical (unpaired) electrons. The van der Waals surface area contributed by atoms with Gasteiger partial charge in [-0.15, -0.1) is 0 Å². The highest BCUT2D eigenvalue weighted by molar-refractivity contribution is 5.98. The Morgan fingerprint density at radius 3 is 2.48 bits per heavy atom. The van der Waals surface area contributed by atoms with Crippen molar-refractivity contribution < 1.29 is 9.18 Å². The molecule has 1 nitrogen and oxygen atoms in total. The molecule has 0 N–H and O–H groups in total. The zero-order valence-electron chi connectivity index (χ0n) is 11.8. The lowest BCUT2D eigenvalue weighted by Crippen LogP contribution is -2.04. The van der Waals surface area contributed by atoms with Gasteiger partial charge < -0.3 is 0 Å². The summed E-state index contributed by atoms with van der Waals surface area (Å²) in [5.41, 5.74) is 1.92. The highest BCUT2D eigenvalue weighted by Gasteiger charge is 2.09. The van der Waals surface area contributed by atoms with Crippen molar-refractivity contribution in [3.05, 3.63) is 83.2 Å². The summed E-state index contributed by atoms with van der Waals surface area (Å²) in [6.07, 6.45) is 0.285. The molecule has 0 saturated heterocycles. The SMILES string of the molecule is Cc1ccc(C(=O)Cc2ccc3ccccc3c2)cc1F. The van der Waals surface area contributed by atoms with Crippen molar-refractivity contribution in [2.75, 3.05) is 0 Å². The zero-order valence-corrected chi connectivity index (χ0v) is 11.8. The van der Waals surface area contributed by atoms with Gasteiger partial charge in [-0.05, 0) is 34.9 Å². The van der Waals surface area contributed by atoms with Crippen LogP contribution in [0.2, 0.25) is 0 Å². The van der Waals surface area contributed by atoms with E-state index in [9.17, 15) is 9.18 Å². The highest BCUT2D eigenvalue weighted by Crippen LogP contribution is 2.18. The molecule has 21 heavy (non-hydrogen) atoms. The Bertz CT molecular complexity index is 821. The highest BCUT2D eigenvalue weighted by atomic mass is 19.1. The first-order valence-electron chi connectivity index (χ1n) is 6.90. The standard InChI is InChI=1S/C19H15FO/c1-13-6-8-17(12-18(13)20)19(21)11-14-7-9-15-4-2-3-5-16(15)10-14/h2-10,12H,11H2,1H3. The molecule has 0 unspecified atom stereocenters. The number of ketones is 1. The molecular formula is C19H15FO. The Kier molecular flexibility index (Phi) is 3.53. The van der Waals surface area contributed by atoms with E-state index in [-0.39, 0.29) is 18.0 Å². The normalized spacial score (nSPS) is 10.8. The van der Waals surface area contributed by atoms with Gasteiger partial charge in [0, 0.05) is 12.0 Å². The second-order valence-corrected chi connectivity index (χ2v) is 5.25. The van der Waals surface area contributed by atoms with E-state index in [2.05, 4.69) is 0 Å². The molecule has 0 heterocycles. The van der Waals surface area contributed by atoms with Gasteiger partial charge in [0.2, 0.25) is 0 Å². The van der Waals surface area contributed by atoms with Crippen molar-refractivity contribution >= 4 is 16.6 Å². The molecule has 0 aliphatic rings. The second kappa shape index (κ2) is 5.49. The van der Waals surface area contributed by atoms with E-state index in [0.29, 0.717) is 11.1 Å². The van der Waals surface area contributed by atoms with Gasteiger partial charge in [0.25, 0.3) is 0 Å². The molecule has 0 atom stereocenters. The van der Waals surface area contributed by atoms with Crippen LogP contribution in [0.3, 0.4) is 0 Å². The molecule has 0 bridgehead atoms. The molecule has 0 amide bonds. The summed E-state index contributed by atoms with van der Waals surface area (Å²) in [5, 5.41) is 2.26. The number of Topliss-reactive ketones (excluding diaryl/α,β-unsaturated/α-hetero) is 1. The van der Waals surface area contributed by atoms with E-state index in [1.54, 1.807) is 19.1 Å². The Morgan fingerprint density at radius 1 is 0.952 bits per heavy atom. The number of carbonyl (C=O) groups excluding carboxylic acids is 1. The van der Waals surface area contributed by atoms with Crippen LogP contribution in [0, 0.1) is 12.7 Å². The van der Waals surface area contributed by atoms with Crippen LogP contribution in [0.15, 0.2) is 60.7 Å². The minimum Gasteiger partial charge on any atom is -0.294 e. The van der Waals surface area contributed by atoms with Crippen molar-refractivity contribution in [1.82, 2.24) is 0 Å². The lowest BCUT2D eigenvalue weighted by Gasteiger charge is -2.05. The molecule has 0 aromatic heterocycles. The number of fused-ring (bicyclic) bond motifs is 1. The zero-order chi connectivity index (χ0) is 14.8. The number of hydrogen-bond acceptors (Lipinski definition) is 1. The fraction of sp³-hybridized carbons (Fsp3) is 0.105. The van der Waals surface area contributed by atoms with Gasteiger partial charge in [0.1, 0.15) is 5.82 Å². The van der Waals surface area contributed by atoms with Gasteiger partial charge in [0.05, 0.1) is 0 Å². The lowest BCUT2D eigenvalue weighted by molar-refractivity contribution is 0.0992. The average Bonchev–Trinajstić information content (AvgIpc) is 2.50. The first-order chi connectivity index (χ1) is 10.1. The van der Waals surface area contributed by atoms with Crippen molar-refractivity contribution in [3.8, 4) is 0 Å². The summed E-state index contributed by atoms with van der Waals surface area (Å²) in [7, 11) is 0. The van der Waals surface area contributed by atoms with E-state index in [1.165, 1.54) is 6.07 Å². The maximum absolute atomic E-state index is 13.5. The number of carbonyl (C=O) groups is 1. The van der Waals surface area contributed by atoms with Crippen LogP contribution in [0.25, 0.3) is 10.8 Å². The number of rotatable bonds is 3. The summed E-state index contributed by atoms with van der Waals surface area (Å²) < 4.78 is 13.5. The Balaban J connectivity index is 1.87. The average molecular weight is 278 g/mol. The topological polar surface area (TPSA) is 17.1 Å². The first-order valence-corrected chi connectivity index (χ1v) is 6.90. The predicted octanol–water partition coefficient (Wildman–Crippen LogP) is 4.71. The fourth-order valence-electron chi connectivity index (χ4n) is 2.40. The molecule has 0 fully saturated rings. The number of aryl methyl sites for hydroxylation is 1. The largest absolute Gasteiger partial charge is 0.294 e. The third kappa shape index (κ3) is 2.84. The molecule has 3 rings (SSSR count). The molecule has 3 aromatic carbocycles. The van der Waals surface area contributed by atoms with Crippen LogP contribution in [0.1, 0.15) is 21.5 Å². The van der Waals surface area contributed by atoms with Crippen LogP contribution in [0.5, 0.6) is 0 Å². The van der Waals surface area contributed by atoms with Crippen molar-refractivity contribution in [3.63, 3.8) is 0 Å². The summed E-state index contributed by atoms with van der Waals surface area (Å²) in [5.74, 6) is -0.399. The van der Waals surface area contributed by atoms with Gasteiger partial charge in [-0.2, -0.15) is 0 Å². The van der Waals surface area contributed by atoms with Gasteiger partial charge in [-0.25, -0.2) is 4.39 Å². The fourth-order valence-corrected chi connectivity index (χ4v) is 2.40. The number of hydrogen-bond donors (Lipinski definition) is 0. The summed E-state index contributed by atoms with van der Waals surface area (Å²) in [4.78, 5) is 12.2. The Morgan fingerprint density at radius 2 is 1.71 bits per heavy atom. The van der Waals surface area contributed by atoms with E-state index in [0.717, 1.165) is 16.3 Å². The lowest BCUT2D eigenvalue weighted by atomic mass is 9.99. The first kappa shape index (κ1) is 13.5. The maximum atomic E-state index is 13.5. The molecule has 104 valence electrons. The van der Waals surface area contributed by atoms with Crippen LogP contribution < -0.4 is 0 Å². The Hall–Kier alpha value is -2.48. The van der Waals surface area contributed by atoms with Crippen LogP contribution >= 0.6 is 0 Å². The monoisotopic (exact) mass is 278 g/mol. The van der Waals surface area contributed by atoms with E-state index in [1.807, 2.05) is 42.5 Å². The van der Waals surface area contributed by atoms with Crippen molar-refractivity contribution in [2.24, 2.45) is 0 Å². The molecule has 0 aliphatic carbocycles. The van der Waals surface area contributed by atoms with E-state index >= 15 is 0 Å². The van der Waals surface area contributed by atoms with Gasteiger partial charge >= 0.3 is 0 Å². The minimum absolute atomic E-state index is 0.0656. The quantitative estimate of drug-likeness (QED) is 0.634. The van der Waals surface area contributed by atoms with E-state index in [4.69, 9.17) is 0 Å². The maximum Gasteiger partial charge on any atom is 0.167 e. The third-order valence-electron chi connectivity index (χ3n) is 3.67. The van der Waals surface area contributed by atoms with Gasteiger partial charge in [0.15, 0.2) is 5.78 Å². The van der Waals surface area contributed by atoms with Gasteiger partial charge in [-0.3, -0.25) is 4.79 Å². The molecule has 0 aliphatic heterocycles. The second-order valence-electron chi connectivity index (χ2n) is 5.25. The molecule has 2 heteroatoms. The van der Waals surface area contributed by atoms with Crippen LogP contribution in [0.4, 0.5) is 4.39 Å². The summed E-state index contributed by atoms with van der Waals surface area (Å²) in [6, 6.07) is 18.6. The Labute approximate surface area is 123 Å². The summed E-state index contributed by atoms with van der Waals surface area (Å²) >= 11 is 0. The number of benzene rings is 3. The molecular weight excluding hydrogens is 263 g/mol. The van der Waals surface area contributed by atoms with Crippen LogP contribution in [-0.4, -0.2) is 5.78 Å². The number of halogens is 1. The van der Waals surface area contributed by atoms with Gasteiger partial charge in [-0.1, -0.05) is 54.6 Å². The predicted molar refractivity (Wildman–Crippen MR) is 83.1 cm³/mol. The smallest absolute Gasteiger partial charge is 0.167 e. The van der Waals surface area contributed by atoms with Crippen molar-refractivity contribution in [2.45, 2.75) is 13.3 Å². The molecule has 0 spiro atoms. The van der Waals surface area contributed by atoms with Crippen LogP contribution in [-0.2, 0) is 6.42 Å². The van der Waals surface area contributed by atoms with Crippen molar-refractivity contribution in [1.29, 1.82) is 0 Å². The third-order valence-corrected chi connectivity index (χ3v) is 3.67.